The molecule has 122 valence electrons. The van der Waals surface area contributed by atoms with Crippen molar-refractivity contribution in [2.75, 3.05) is 0 Å². The summed E-state index contributed by atoms with van der Waals surface area (Å²) < 4.78 is 16.6. The smallest absolute Gasteiger partial charge is 0.318 e. The second-order valence-electron chi connectivity index (χ2n) is 6.18. The van der Waals surface area contributed by atoms with Crippen LogP contribution >= 0.6 is 0 Å². The number of nitrogens with one attached hydrogen (secondary N) is 1. The molecule has 4 heterocycles. The molecule has 0 aromatic carbocycles. The lowest BCUT2D eigenvalue weighted by molar-refractivity contribution is 0.0965. The number of rotatable bonds is 5. The number of fused-ring (bicyclic) bond motifs is 2. The van der Waals surface area contributed by atoms with Crippen molar-refractivity contribution in [1.82, 2.24) is 10.2 Å². The number of amides is 2. The van der Waals surface area contributed by atoms with Crippen LogP contribution in [0.3, 0.4) is 0 Å². The molecule has 0 unspecified atom stereocenters. The third-order valence-corrected chi connectivity index (χ3v) is 4.56. The average molecular weight is 316 g/mol. The average Bonchev–Trinajstić information content (AvgIpc) is 3.32. The molecule has 2 bridgehead atoms. The maximum Gasteiger partial charge on any atom is 0.318 e. The van der Waals surface area contributed by atoms with E-state index in [-0.39, 0.29) is 18.2 Å². The van der Waals surface area contributed by atoms with Gasteiger partial charge in [0.2, 0.25) is 0 Å². The van der Waals surface area contributed by atoms with E-state index in [2.05, 4.69) is 5.32 Å². The highest BCUT2D eigenvalue weighted by Gasteiger charge is 2.41. The Morgan fingerprint density at radius 3 is 2.30 bits per heavy atom. The maximum absolute atomic E-state index is 12.7. The molecular weight excluding hydrogens is 296 g/mol. The Kier molecular flexibility index (Phi) is 3.83. The van der Waals surface area contributed by atoms with E-state index in [9.17, 15) is 4.79 Å². The van der Waals surface area contributed by atoms with Gasteiger partial charge in [-0.05, 0) is 43.5 Å². The number of hydrogen-bond donors (Lipinski definition) is 1. The lowest BCUT2D eigenvalue weighted by Gasteiger charge is -2.26. The van der Waals surface area contributed by atoms with E-state index in [0.29, 0.717) is 19.2 Å². The molecule has 0 spiro atoms. The van der Waals surface area contributed by atoms with E-state index in [1.54, 1.807) is 17.4 Å². The van der Waals surface area contributed by atoms with Gasteiger partial charge in [-0.25, -0.2) is 4.79 Å². The second kappa shape index (κ2) is 6.12. The third kappa shape index (κ3) is 3.12. The molecule has 6 heteroatoms. The largest absolute Gasteiger partial charge is 0.467 e. The van der Waals surface area contributed by atoms with Crippen LogP contribution in [0.15, 0.2) is 45.6 Å². The minimum absolute atomic E-state index is 0.108. The molecule has 2 fully saturated rings. The van der Waals surface area contributed by atoms with Crippen LogP contribution in [0.25, 0.3) is 0 Å². The van der Waals surface area contributed by atoms with Crippen LogP contribution in [0, 0.1) is 0 Å². The molecule has 23 heavy (non-hydrogen) atoms. The number of carbonyl (C=O) groups is 1. The van der Waals surface area contributed by atoms with Gasteiger partial charge in [-0.15, -0.1) is 0 Å². The molecule has 2 aliphatic rings. The predicted octanol–water partition coefficient (Wildman–Crippen LogP) is 2.90. The van der Waals surface area contributed by atoms with Crippen molar-refractivity contribution >= 4 is 6.03 Å². The molecule has 3 atom stereocenters. The highest BCUT2D eigenvalue weighted by atomic mass is 16.5. The van der Waals surface area contributed by atoms with Crippen LogP contribution in [0.5, 0.6) is 0 Å². The normalized spacial score (nSPS) is 25.7. The van der Waals surface area contributed by atoms with E-state index in [0.717, 1.165) is 30.8 Å². The summed E-state index contributed by atoms with van der Waals surface area (Å²) in [5.41, 5.74) is 0. The summed E-state index contributed by atoms with van der Waals surface area (Å²) in [5, 5.41) is 3.11. The van der Waals surface area contributed by atoms with Gasteiger partial charge in [0, 0.05) is 0 Å². The van der Waals surface area contributed by atoms with Gasteiger partial charge in [0.25, 0.3) is 0 Å². The molecule has 2 aromatic heterocycles. The van der Waals surface area contributed by atoms with Crippen molar-refractivity contribution in [3.05, 3.63) is 48.3 Å². The molecule has 2 saturated heterocycles. The van der Waals surface area contributed by atoms with Gasteiger partial charge in [-0.1, -0.05) is 0 Å². The van der Waals surface area contributed by atoms with Crippen LogP contribution < -0.4 is 5.32 Å². The molecule has 2 amide bonds. The first-order valence-electron chi connectivity index (χ1n) is 8.03. The number of hydrogen-bond acceptors (Lipinski definition) is 4. The number of carbonyl (C=O) groups excluding carboxylic acids is 1. The second-order valence-corrected chi connectivity index (χ2v) is 6.18. The fourth-order valence-corrected chi connectivity index (χ4v) is 3.42. The predicted molar refractivity (Wildman–Crippen MR) is 81.5 cm³/mol. The molecule has 0 radical (unpaired) electrons. The van der Waals surface area contributed by atoms with Gasteiger partial charge in [0.15, 0.2) is 0 Å². The number of nitrogens with zero attached hydrogens (tertiary/aromatic N) is 1. The highest BCUT2D eigenvalue weighted by Crippen LogP contribution is 2.34. The fourth-order valence-electron chi connectivity index (χ4n) is 3.42. The summed E-state index contributed by atoms with van der Waals surface area (Å²) in [7, 11) is 0. The Labute approximate surface area is 134 Å². The van der Waals surface area contributed by atoms with Crippen LogP contribution in [0.4, 0.5) is 4.79 Å². The number of furan rings is 2. The minimum Gasteiger partial charge on any atom is -0.467 e. The van der Waals surface area contributed by atoms with Crippen molar-refractivity contribution in [3.8, 4) is 0 Å². The minimum atomic E-state index is -0.112. The van der Waals surface area contributed by atoms with Crippen LogP contribution in [0.2, 0.25) is 0 Å². The summed E-state index contributed by atoms with van der Waals surface area (Å²) in [6.07, 6.45) is 6.76. The van der Waals surface area contributed by atoms with Gasteiger partial charge < -0.3 is 23.8 Å². The third-order valence-electron chi connectivity index (χ3n) is 4.56. The quantitative estimate of drug-likeness (QED) is 0.921. The Morgan fingerprint density at radius 1 is 1.13 bits per heavy atom. The molecular formula is C17H20N2O4. The first-order valence-corrected chi connectivity index (χ1v) is 8.03. The zero-order chi connectivity index (χ0) is 15.6. The van der Waals surface area contributed by atoms with E-state index < -0.39 is 0 Å². The van der Waals surface area contributed by atoms with Gasteiger partial charge >= 0.3 is 6.03 Å². The topological polar surface area (TPSA) is 67.8 Å². The Morgan fingerprint density at radius 2 is 1.83 bits per heavy atom. The number of urea groups is 1. The SMILES string of the molecule is O=C(N[C@@H]1C[C@H]2CC[C@H]1O2)N(Cc1ccco1)Cc1ccco1. The van der Waals surface area contributed by atoms with E-state index in [1.807, 2.05) is 24.3 Å². The molecule has 0 aliphatic carbocycles. The standard InChI is InChI=1S/C17H20N2O4/c20-17(18-15-9-12-5-6-16(15)23-12)19(10-13-3-1-7-21-13)11-14-4-2-8-22-14/h1-4,7-8,12,15-16H,5-6,9-11H2,(H,18,20)/t12-,15-,16-/m1/s1. The molecule has 0 saturated carbocycles. The van der Waals surface area contributed by atoms with Crippen molar-refractivity contribution in [3.63, 3.8) is 0 Å². The van der Waals surface area contributed by atoms with Crippen molar-refractivity contribution in [1.29, 1.82) is 0 Å². The summed E-state index contributed by atoms with van der Waals surface area (Å²) >= 11 is 0. The van der Waals surface area contributed by atoms with Crippen LogP contribution in [-0.4, -0.2) is 29.2 Å². The monoisotopic (exact) mass is 316 g/mol. The van der Waals surface area contributed by atoms with Crippen molar-refractivity contribution < 1.29 is 18.4 Å². The maximum atomic E-state index is 12.7. The molecule has 2 aromatic rings. The molecule has 4 rings (SSSR count). The Hall–Kier alpha value is -2.21. The highest BCUT2D eigenvalue weighted by molar-refractivity contribution is 5.74. The summed E-state index contributed by atoms with van der Waals surface area (Å²) in [6.45, 7) is 0.808. The van der Waals surface area contributed by atoms with Crippen molar-refractivity contribution in [2.45, 2.75) is 50.6 Å². The first-order chi connectivity index (χ1) is 11.3. The summed E-state index contributed by atoms with van der Waals surface area (Å²) in [4.78, 5) is 14.4. The first kappa shape index (κ1) is 14.4. The Bertz CT molecular complexity index is 601. The van der Waals surface area contributed by atoms with Crippen molar-refractivity contribution in [2.24, 2.45) is 0 Å². The lowest BCUT2D eigenvalue weighted by Crippen LogP contribution is -2.47. The fraction of sp³-hybridized carbons (Fsp3) is 0.471. The van der Waals surface area contributed by atoms with Gasteiger partial charge in [-0.2, -0.15) is 0 Å². The van der Waals surface area contributed by atoms with E-state index in [4.69, 9.17) is 13.6 Å². The van der Waals surface area contributed by atoms with E-state index >= 15 is 0 Å². The molecule has 6 nitrogen and oxygen atoms in total. The zero-order valence-corrected chi connectivity index (χ0v) is 12.8. The zero-order valence-electron chi connectivity index (χ0n) is 12.8. The summed E-state index contributed by atoms with van der Waals surface area (Å²) in [6, 6.07) is 7.37. The van der Waals surface area contributed by atoms with E-state index in [1.165, 1.54) is 0 Å². The summed E-state index contributed by atoms with van der Waals surface area (Å²) in [5.74, 6) is 1.49. The van der Waals surface area contributed by atoms with Gasteiger partial charge in [0.1, 0.15) is 11.5 Å². The molecule has 1 N–H and O–H groups in total. The van der Waals surface area contributed by atoms with Crippen LogP contribution in [-0.2, 0) is 17.8 Å². The number of ether oxygens (including phenoxy) is 1. The van der Waals surface area contributed by atoms with Gasteiger partial charge in [0.05, 0.1) is 43.9 Å². The van der Waals surface area contributed by atoms with Crippen LogP contribution in [0.1, 0.15) is 30.8 Å². The Balaban J connectivity index is 1.43. The molecule has 2 aliphatic heterocycles. The van der Waals surface area contributed by atoms with Gasteiger partial charge in [-0.3, -0.25) is 0 Å². The lowest BCUT2D eigenvalue weighted by atomic mass is 9.96.